The molecule has 0 aliphatic heterocycles. The highest BCUT2D eigenvalue weighted by Gasteiger charge is 2.14. The second-order valence-corrected chi connectivity index (χ2v) is 5.12. The lowest BCUT2D eigenvalue weighted by molar-refractivity contribution is 0.481. The minimum atomic E-state index is 0.236. The Balaban J connectivity index is 2.00. The molecule has 0 aliphatic carbocycles. The smallest absolute Gasteiger partial charge is 0.138 e. The maximum absolute atomic E-state index is 9.92. The fourth-order valence-corrected chi connectivity index (χ4v) is 2.76. The lowest BCUT2D eigenvalue weighted by Gasteiger charge is -2.05. The van der Waals surface area contributed by atoms with Gasteiger partial charge in [0.25, 0.3) is 0 Å². The lowest BCUT2D eigenvalue weighted by Crippen LogP contribution is -1.86. The van der Waals surface area contributed by atoms with Gasteiger partial charge in [0.15, 0.2) is 0 Å². The van der Waals surface area contributed by atoms with Crippen LogP contribution in [0.2, 0.25) is 0 Å². The third kappa shape index (κ3) is 1.82. The zero-order valence-electron chi connectivity index (χ0n) is 11.6. The Morgan fingerprint density at radius 2 is 1.95 bits per heavy atom. The van der Waals surface area contributed by atoms with Crippen molar-refractivity contribution in [3.63, 3.8) is 0 Å². The molecule has 0 spiro atoms. The molecule has 4 rings (SSSR count). The van der Waals surface area contributed by atoms with Crippen LogP contribution in [0.3, 0.4) is 0 Å². The van der Waals surface area contributed by atoms with Crippen molar-refractivity contribution < 1.29 is 13.9 Å². The highest BCUT2D eigenvalue weighted by atomic mass is 16.3. The summed E-state index contributed by atoms with van der Waals surface area (Å²) in [6.07, 6.45) is 2.60. The standard InChI is InChI=1S/C18H14O3/c1-2-11-8-12-6-7-20-17(12)9-13(11)18-10-14-15(19)4-3-5-16(14)21-18/h3-10,19H,2H2,1H3. The molecule has 2 heterocycles. The lowest BCUT2D eigenvalue weighted by atomic mass is 10.0. The topological polar surface area (TPSA) is 46.5 Å². The zero-order valence-corrected chi connectivity index (χ0v) is 11.6. The molecular formula is C18H14O3. The first-order valence-electron chi connectivity index (χ1n) is 6.98. The third-order valence-electron chi connectivity index (χ3n) is 3.86. The molecule has 0 atom stereocenters. The highest BCUT2D eigenvalue weighted by Crippen LogP contribution is 2.36. The number of aromatic hydroxyl groups is 1. The van der Waals surface area contributed by atoms with E-state index in [0.717, 1.165) is 34.1 Å². The van der Waals surface area contributed by atoms with E-state index < -0.39 is 0 Å². The maximum Gasteiger partial charge on any atom is 0.138 e. The largest absolute Gasteiger partial charge is 0.507 e. The van der Waals surface area contributed by atoms with Crippen LogP contribution in [-0.2, 0) is 6.42 Å². The molecular weight excluding hydrogens is 264 g/mol. The molecule has 4 aromatic rings. The van der Waals surface area contributed by atoms with Gasteiger partial charge in [-0.1, -0.05) is 13.0 Å². The summed E-state index contributed by atoms with van der Waals surface area (Å²) in [5, 5.41) is 11.7. The van der Waals surface area contributed by atoms with Crippen LogP contribution in [0.15, 0.2) is 57.6 Å². The number of furan rings is 2. The summed E-state index contributed by atoms with van der Waals surface area (Å²) in [7, 11) is 0. The van der Waals surface area contributed by atoms with Gasteiger partial charge in [0.05, 0.1) is 11.6 Å². The van der Waals surface area contributed by atoms with Crippen LogP contribution >= 0.6 is 0 Å². The van der Waals surface area contributed by atoms with Gasteiger partial charge in [-0.05, 0) is 48.4 Å². The first-order chi connectivity index (χ1) is 10.3. The van der Waals surface area contributed by atoms with E-state index in [9.17, 15) is 5.11 Å². The number of phenols is 1. The predicted octanol–water partition coefficient (Wildman–Crippen LogP) is 5.11. The van der Waals surface area contributed by atoms with Gasteiger partial charge in [-0.15, -0.1) is 0 Å². The van der Waals surface area contributed by atoms with Crippen LogP contribution in [0.1, 0.15) is 12.5 Å². The molecule has 3 heteroatoms. The van der Waals surface area contributed by atoms with Gasteiger partial charge in [0.1, 0.15) is 22.7 Å². The molecule has 0 saturated carbocycles. The van der Waals surface area contributed by atoms with Crippen molar-refractivity contribution in [2.45, 2.75) is 13.3 Å². The summed E-state index contributed by atoms with van der Waals surface area (Å²) >= 11 is 0. The second kappa shape index (κ2) is 4.42. The van der Waals surface area contributed by atoms with Crippen molar-refractivity contribution in [3.8, 4) is 17.1 Å². The molecule has 3 nitrogen and oxygen atoms in total. The molecule has 21 heavy (non-hydrogen) atoms. The molecule has 0 radical (unpaired) electrons. The molecule has 1 N–H and O–H groups in total. The average molecular weight is 278 g/mol. The minimum absolute atomic E-state index is 0.236. The molecule has 2 aromatic heterocycles. The first kappa shape index (κ1) is 12.1. The van der Waals surface area contributed by atoms with Gasteiger partial charge in [-0.3, -0.25) is 0 Å². The van der Waals surface area contributed by atoms with E-state index in [1.807, 2.05) is 24.3 Å². The van der Waals surface area contributed by atoms with Crippen LogP contribution < -0.4 is 0 Å². The summed E-state index contributed by atoms with van der Waals surface area (Å²) in [5.74, 6) is 0.987. The average Bonchev–Trinajstić information content (AvgIpc) is 3.12. The van der Waals surface area contributed by atoms with E-state index in [4.69, 9.17) is 8.83 Å². The van der Waals surface area contributed by atoms with Crippen molar-refractivity contribution in [1.82, 2.24) is 0 Å². The normalized spacial score (nSPS) is 11.5. The van der Waals surface area contributed by atoms with E-state index in [0.29, 0.717) is 5.58 Å². The van der Waals surface area contributed by atoms with Crippen molar-refractivity contribution in [2.24, 2.45) is 0 Å². The Labute approximate surface area is 121 Å². The van der Waals surface area contributed by atoms with Gasteiger partial charge in [0, 0.05) is 10.9 Å². The number of phenolic OH excluding ortho intramolecular Hbond substituents is 1. The minimum Gasteiger partial charge on any atom is -0.507 e. The van der Waals surface area contributed by atoms with Gasteiger partial charge in [-0.2, -0.15) is 0 Å². The Bertz CT molecular complexity index is 944. The third-order valence-corrected chi connectivity index (χ3v) is 3.86. The number of hydrogen-bond acceptors (Lipinski definition) is 3. The predicted molar refractivity (Wildman–Crippen MR) is 82.5 cm³/mol. The van der Waals surface area contributed by atoms with Crippen LogP contribution in [0.4, 0.5) is 0 Å². The van der Waals surface area contributed by atoms with Crippen LogP contribution in [0.5, 0.6) is 5.75 Å². The summed E-state index contributed by atoms with van der Waals surface area (Å²) < 4.78 is 11.4. The number of benzene rings is 2. The van der Waals surface area contributed by atoms with Gasteiger partial charge in [-0.25, -0.2) is 0 Å². The molecule has 0 saturated heterocycles. The molecule has 0 bridgehead atoms. The van der Waals surface area contributed by atoms with E-state index in [2.05, 4.69) is 13.0 Å². The Morgan fingerprint density at radius 3 is 2.76 bits per heavy atom. The van der Waals surface area contributed by atoms with Crippen molar-refractivity contribution in [3.05, 3.63) is 54.3 Å². The molecule has 0 amide bonds. The number of fused-ring (bicyclic) bond motifs is 2. The van der Waals surface area contributed by atoms with Crippen LogP contribution in [0, 0.1) is 0 Å². The van der Waals surface area contributed by atoms with Crippen molar-refractivity contribution in [1.29, 1.82) is 0 Å². The van der Waals surface area contributed by atoms with Crippen LogP contribution in [0.25, 0.3) is 33.3 Å². The molecule has 0 fully saturated rings. The fourth-order valence-electron chi connectivity index (χ4n) is 2.76. The van der Waals surface area contributed by atoms with E-state index in [-0.39, 0.29) is 5.75 Å². The van der Waals surface area contributed by atoms with Crippen LogP contribution in [-0.4, -0.2) is 5.11 Å². The SMILES string of the molecule is CCc1cc2ccoc2cc1-c1cc2c(O)cccc2o1. The highest BCUT2D eigenvalue weighted by molar-refractivity contribution is 5.90. The van der Waals surface area contributed by atoms with Gasteiger partial charge < -0.3 is 13.9 Å². The van der Waals surface area contributed by atoms with Crippen molar-refractivity contribution in [2.75, 3.05) is 0 Å². The Kier molecular flexibility index (Phi) is 2.54. The van der Waals surface area contributed by atoms with Crippen molar-refractivity contribution >= 4 is 21.9 Å². The number of aryl methyl sites for hydroxylation is 1. The molecule has 0 aliphatic rings. The number of hydrogen-bond donors (Lipinski definition) is 1. The monoisotopic (exact) mass is 278 g/mol. The van der Waals surface area contributed by atoms with E-state index in [1.165, 1.54) is 5.56 Å². The van der Waals surface area contributed by atoms with Gasteiger partial charge >= 0.3 is 0 Å². The van der Waals surface area contributed by atoms with E-state index >= 15 is 0 Å². The molecule has 0 unspecified atom stereocenters. The van der Waals surface area contributed by atoms with E-state index in [1.54, 1.807) is 18.4 Å². The van der Waals surface area contributed by atoms with Gasteiger partial charge in [0.2, 0.25) is 0 Å². The summed E-state index contributed by atoms with van der Waals surface area (Å²) in [5.41, 5.74) is 3.73. The first-order valence-corrected chi connectivity index (χ1v) is 6.98. The quantitative estimate of drug-likeness (QED) is 0.554. The Hall–Kier alpha value is -2.68. The summed E-state index contributed by atoms with van der Waals surface area (Å²) in [6, 6.07) is 13.3. The zero-order chi connectivity index (χ0) is 14.4. The fraction of sp³-hybridized carbons (Fsp3) is 0.111. The summed E-state index contributed by atoms with van der Waals surface area (Å²) in [6.45, 7) is 2.12. The molecule has 104 valence electrons. The summed E-state index contributed by atoms with van der Waals surface area (Å²) in [4.78, 5) is 0. The number of rotatable bonds is 2. The second-order valence-electron chi connectivity index (χ2n) is 5.12. The Morgan fingerprint density at radius 1 is 1.05 bits per heavy atom. The molecule has 2 aromatic carbocycles. The maximum atomic E-state index is 9.92.